The van der Waals surface area contributed by atoms with Crippen LogP contribution in [0.1, 0.15) is 29.0 Å². The molecule has 1 aliphatic rings. The topological polar surface area (TPSA) is 38.1 Å². The van der Waals surface area contributed by atoms with Crippen LogP contribution in [0.4, 0.5) is 0 Å². The zero-order chi connectivity index (χ0) is 11.7. The third-order valence-corrected chi connectivity index (χ3v) is 3.39. The Kier molecular flexibility index (Phi) is 3.19. The molecular formula is C11H16ClN3O. The molecule has 0 bridgehead atoms. The summed E-state index contributed by atoms with van der Waals surface area (Å²) in [6.45, 7) is 2.69. The van der Waals surface area contributed by atoms with Crippen molar-refractivity contribution in [3.05, 3.63) is 17.5 Å². The maximum atomic E-state index is 12.3. The number of nitrogens with zero attached hydrogens (tertiary/aromatic N) is 3. The highest BCUT2D eigenvalue weighted by molar-refractivity contribution is 6.18. The van der Waals surface area contributed by atoms with Gasteiger partial charge in [-0.15, -0.1) is 11.6 Å². The minimum atomic E-state index is 0.0475. The van der Waals surface area contributed by atoms with Gasteiger partial charge in [-0.1, -0.05) is 0 Å². The van der Waals surface area contributed by atoms with Crippen LogP contribution in [0.5, 0.6) is 0 Å². The molecule has 1 aliphatic heterocycles. The van der Waals surface area contributed by atoms with E-state index < -0.39 is 0 Å². The Balaban J connectivity index is 2.21. The summed E-state index contributed by atoms with van der Waals surface area (Å²) in [6, 6.07) is 2.01. The maximum absolute atomic E-state index is 12.3. The lowest BCUT2D eigenvalue weighted by Gasteiger charge is -2.22. The second kappa shape index (κ2) is 4.45. The Hall–Kier alpha value is -1.03. The van der Waals surface area contributed by atoms with Crippen LogP contribution < -0.4 is 0 Å². The van der Waals surface area contributed by atoms with E-state index in [-0.39, 0.29) is 11.9 Å². The molecule has 1 saturated heterocycles. The second-order valence-electron chi connectivity index (χ2n) is 4.24. The van der Waals surface area contributed by atoms with E-state index in [1.807, 2.05) is 17.9 Å². The Morgan fingerprint density at radius 1 is 1.69 bits per heavy atom. The van der Waals surface area contributed by atoms with Crippen LogP contribution in [-0.4, -0.2) is 39.1 Å². The summed E-state index contributed by atoms with van der Waals surface area (Å²) in [7, 11) is 1.80. The highest BCUT2D eigenvalue weighted by atomic mass is 35.5. The number of amides is 1. The fourth-order valence-corrected chi connectivity index (χ4v) is 2.54. The van der Waals surface area contributed by atoms with Crippen LogP contribution in [0.2, 0.25) is 0 Å². The Labute approximate surface area is 100 Å². The third-order valence-electron chi connectivity index (χ3n) is 3.04. The van der Waals surface area contributed by atoms with Crippen molar-refractivity contribution in [3.63, 3.8) is 0 Å². The smallest absolute Gasteiger partial charge is 0.272 e. The van der Waals surface area contributed by atoms with Gasteiger partial charge in [0.05, 0.1) is 5.69 Å². The predicted molar refractivity (Wildman–Crippen MR) is 62.7 cm³/mol. The van der Waals surface area contributed by atoms with E-state index in [4.69, 9.17) is 11.6 Å². The van der Waals surface area contributed by atoms with E-state index in [9.17, 15) is 4.79 Å². The third kappa shape index (κ3) is 1.94. The van der Waals surface area contributed by atoms with Crippen molar-refractivity contribution >= 4 is 17.5 Å². The quantitative estimate of drug-likeness (QED) is 0.738. The molecule has 1 amide bonds. The molecule has 5 heteroatoms. The number of carbonyl (C=O) groups excluding carboxylic acids is 1. The fraction of sp³-hybridized carbons (Fsp3) is 0.636. The molecule has 2 rings (SSSR count). The molecular weight excluding hydrogens is 226 g/mol. The first-order valence-corrected chi connectivity index (χ1v) is 6.04. The molecule has 1 atom stereocenters. The summed E-state index contributed by atoms with van der Waals surface area (Å²) in [5.74, 6) is 0.564. The molecule has 0 saturated carbocycles. The van der Waals surface area contributed by atoms with Gasteiger partial charge in [0, 0.05) is 25.5 Å². The predicted octanol–water partition coefficient (Wildman–Crippen LogP) is 1.57. The van der Waals surface area contributed by atoms with Gasteiger partial charge in [-0.25, -0.2) is 0 Å². The van der Waals surface area contributed by atoms with Crippen LogP contribution in [0.25, 0.3) is 0 Å². The molecule has 2 heterocycles. The van der Waals surface area contributed by atoms with Gasteiger partial charge in [0.1, 0.15) is 5.69 Å². The standard InChI is InChI=1S/C11H16ClN3O/c1-8-6-10(14(2)13-8)11(16)15-5-3-4-9(15)7-12/h6,9H,3-5,7H2,1-2H3. The van der Waals surface area contributed by atoms with Crippen molar-refractivity contribution in [2.24, 2.45) is 7.05 Å². The van der Waals surface area contributed by atoms with E-state index in [0.29, 0.717) is 11.6 Å². The molecule has 1 unspecified atom stereocenters. The van der Waals surface area contributed by atoms with Gasteiger partial charge >= 0.3 is 0 Å². The molecule has 1 aromatic rings. The van der Waals surface area contributed by atoms with Gasteiger partial charge in [0.2, 0.25) is 0 Å². The van der Waals surface area contributed by atoms with Crippen LogP contribution in [0.3, 0.4) is 0 Å². The van der Waals surface area contributed by atoms with Gasteiger partial charge in [-0.05, 0) is 25.8 Å². The summed E-state index contributed by atoms with van der Waals surface area (Å²) in [5, 5.41) is 4.19. The molecule has 0 spiro atoms. The minimum Gasteiger partial charge on any atom is -0.333 e. The molecule has 88 valence electrons. The monoisotopic (exact) mass is 241 g/mol. The summed E-state index contributed by atoms with van der Waals surface area (Å²) in [4.78, 5) is 14.1. The minimum absolute atomic E-state index is 0.0475. The number of hydrogen-bond donors (Lipinski definition) is 0. The number of aromatic nitrogens is 2. The van der Waals surface area contributed by atoms with Crippen LogP contribution >= 0.6 is 11.6 Å². The van der Waals surface area contributed by atoms with Crippen molar-refractivity contribution in [1.29, 1.82) is 0 Å². The van der Waals surface area contributed by atoms with Crippen molar-refractivity contribution in [2.45, 2.75) is 25.8 Å². The van der Waals surface area contributed by atoms with E-state index in [2.05, 4.69) is 5.10 Å². The Morgan fingerprint density at radius 3 is 3.00 bits per heavy atom. The fourth-order valence-electron chi connectivity index (χ4n) is 2.22. The lowest BCUT2D eigenvalue weighted by Crippen LogP contribution is -2.37. The first-order valence-electron chi connectivity index (χ1n) is 5.51. The highest BCUT2D eigenvalue weighted by Gasteiger charge is 2.30. The molecule has 1 fully saturated rings. The molecule has 16 heavy (non-hydrogen) atoms. The first-order chi connectivity index (χ1) is 7.63. The molecule has 0 aliphatic carbocycles. The van der Waals surface area contributed by atoms with Crippen molar-refractivity contribution in [1.82, 2.24) is 14.7 Å². The van der Waals surface area contributed by atoms with Crippen molar-refractivity contribution in [2.75, 3.05) is 12.4 Å². The summed E-state index contributed by atoms with van der Waals surface area (Å²) in [6.07, 6.45) is 2.05. The average Bonchev–Trinajstić information content (AvgIpc) is 2.83. The van der Waals surface area contributed by atoms with E-state index >= 15 is 0 Å². The van der Waals surface area contributed by atoms with Gasteiger partial charge in [-0.2, -0.15) is 5.10 Å². The van der Waals surface area contributed by atoms with Crippen LogP contribution in [0, 0.1) is 6.92 Å². The zero-order valence-electron chi connectivity index (χ0n) is 9.61. The molecule has 0 radical (unpaired) electrons. The average molecular weight is 242 g/mol. The number of carbonyl (C=O) groups is 1. The number of rotatable bonds is 2. The number of halogens is 1. The van der Waals surface area contributed by atoms with Gasteiger partial charge < -0.3 is 4.90 Å². The first kappa shape index (κ1) is 11.5. The maximum Gasteiger partial charge on any atom is 0.272 e. The summed E-state index contributed by atoms with van der Waals surface area (Å²) < 4.78 is 1.64. The molecule has 0 aromatic carbocycles. The van der Waals surface area contributed by atoms with E-state index in [0.717, 1.165) is 25.1 Å². The van der Waals surface area contributed by atoms with Crippen molar-refractivity contribution < 1.29 is 4.79 Å². The second-order valence-corrected chi connectivity index (χ2v) is 4.55. The number of hydrogen-bond acceptors (Lipinski definition) is 2. The van der Waals surface area contributed by atoms with Crippen LogP contribution in [-0.2, 0) is 7.05 Å². The lowest BCUT2D eigenvalue weighted by molar-refractivity contribution is 0.0738. The van der Waals surface area contributed by atoms with E-state index in [1.54, 1.807) is 11.7 Å². The SMILES string of the molecule is Cc1cc(C(=O)N2CCCC2CCl)n(C)n1. The number of aryl methyl sites for hydroxylation is 2. The Morgan fingerprint density at radius 2 is 2.44 bits per heavy atom. The lowest BCUT2D eigenvalue weighted by atomic mass is 10.2. The van der Waals surface area contributed by atoms with Gasteiger partial charge in [0.25, 0.3) is 5.91 Å². The largest absolute Gasteiger partial charge is 0.333 e. The number of likely N-dealkylation sites (tertiary alicyclic amines) is 1. The molecule has 4 nitrogen and oxygen atoms in total. The summed E-state index contributed by atoms with van der Waals surface area (Å²) >= 11 is 5.86. The zero-order valence-corrected chi connectivity index (χ0v) is 10.4. The Bertz CT molecular complexity index is 402. The molecule has 1 aromatic heterocycles. The van der Waals surface area contributed by atoms with Gasteiger partial charge in [0.15, 0.2) is 0 Å². The number of alkyl halides is 1. The van der Waals surface area contributed by atoms with Gasteiger partial charge in [-0.3, -0.25) is 9.48 Å². The van der Waals surface area contributed by atoms with E-state index in [1.165, 1.54) is 0 Å². The summed E-state index contributed by atoms with van der Waals surface area (Å²) in [5.41, 5.74) is 1.52. The normalized spacial score (nSPS) is 20.4. The molecule has 0 N–H and O–H groups in total. The van der Waals surface area contributed by atoms with Crippen molar-refractivity contribution in [3.8, 4) is 0 Å². The van der Waals surface area contributed by atoms with Crippen LogP contribution in [0.15, 0.2) is 6.07 Å². The highest BCUT2D eigenvalue weighted by Crippen LogP contribution is 2.21.